The van der Waals surface area contributed by atoms with Crippen LogP contribution in [0.2, 0.25) is 0 Å². The number of fused-ring (bicyclic) bond motifs is 1. The van der Waals surface area contributed by atoms with Crippen molar-refractivity contribution in [3.8, 4) is 11.6 Å². The lowest BCUT2D eigenvalue weighted by atomic mass is 10.2. The summed E-state index contributed by atoms with van der Waals surface area (Å²) in [5.74, 6) is 0.904. The van der Waals surface area contributed by atoms with Crippen molar-refractivity contribution in [1.82, 2.24) is 14.6 Å². The van der Waals surface area contributed by atoms with Crippen LogP contribution in [0.15, 0.2) is 42.6 Å². The number of nitrogens with zero attached hydrogens (tertiary/aromatic N) is 3. The summed E-state index contributed by atoms with van der Waals surface area (Å²) in [5.41, 5.74) is 0.977. The normalized spacial score (nSPS) is 13.4. The topological polar surface area (TPSA) is 94.8 Å². The highest BCUT2D eigenvalue weighted by molar-refractivity contribution is 5.93. The average Bonchev–Trinajstić information content (AvgIpc) is 3.42. The maximum atomic E-state index is 11.8. The van der Waals surface area contributed by atoms with Crippen molar-refractivity contribution in [1.29, 1.82) is 0 Å². The number of hydrogen-bond donors (Lipinski definition) is 1. The fourth-order valence-electron chi connectivity index (χ4n) is 2.48. The minimum Gasteiger partial charge on any atom is -0.465 e. The third-order valence-corrected chi connectivity index (χ3v) is 3.97. The van der Waals surface area contributed by atoms with Crippen LogP contribution in [0, 0.1) is 5.92 Å². The lowest BCUT2D eigenvalue weighted by Crippen LogP contribution is -2.13. The first kappa shape index (κ1) is 16.1. The van der Waals surface area contributed by atoms with Crippen molar-refractivity contribution >= 4 is 23.3 Å². The lowest BCUT2D eigenvalue weighted by molar-refractivity contribution is -0.117. The summed E-state index contributed by atoms with van der Waals surface area (Å²) in [7, 11) is 1.32. The summed E-state index contributed by atoms with van der Waals surface area (Å²) < 4.78 is 11.9. The van der Waals surface area contributed by atoms with Crippen LogP contribution < -0.4 is 10.1 Å². The molecule has 1 amide bonds. The molecule has 1 aliphatic carbocycles. The molecule has 0 radical (unpaired) electrons. The van der Waals surface area contributed by atoms with Gasteiger partial charge in [0.2, 0.25) is 11.8 Å². The minimum absolute atomic E-state index is 0.00972. The van der Waals surface area contributed by atoms with Gasteiger partial charge in [0.05, 0.1) is 18.9 Å². The molecule has 4 rings (SSSR count). The standard InChI is InChI=1S/C18H16N4O4/c1-25-18(24)12-3-2-4-13(9-12)26-16-8-7-15-19-14(10-22(15)21-16)20-17(23)11-5-6-11/h2-4,7-11H,5-6H2,1H3,(H,20,23). The van der Waals surface area contributed by atoms with E-state index in [1.54, 1.807) is 42.6 Å². The third kappa shape index (κ3) is 3.34. The Morgan fingerprint density at radius 1 is 1.23 bits per heavy atom. The zero-order valence-electron chi connectivity index (χ0n) is 14.0. The number of aromatic nitrogens is 3. The highest BCUT2D eigenvalue weighted by Gasteiger charge is 2.30. The first-order valence-electron chi connectivity index (χ1n) is 8.16. The maximum Gasteiger partial charge on any atom is 0.337 e. The molecule has 8 heteroatoms. The van der Waals surface area contributed by atoms with E-state index in [1.165, 1.54) is 11.6 Å². The maximum absolute atomic E-state index is 11.8. The van der Waals surface area contributed by atoms with E-state index in [-0.39, 0.29) is 11.8 Å². The Hall–Kier alpha value is -3.42. The highest BCUT2D eigenvalue weighted by Crippen LogP contribution is 2.30. The quantitative estimate of drug-likeness (QED) is 0.710. The number of methoxy groups -OCH3 is 1. The monoisotopic (exact) mass is 352 g/mol. The fourth-order valence-corrected chi connectivity index (χ4v) is 2.48. The van der Waals surface area contributed by atoms with Gasteiger partial charge in [0.15, 0.2) is 11.5 Å². The van der Waals surface area contributed by atoms with Gasteiger partial charge in [-0.05, 0) is 37.1 Å². The highest BCUT2D eigenvalue weighted by atomic mass is 16.5. The van der Waals surface area contributed by atoms with Crippen LogP contribution in [-0.2, 0) is 9.53 Å². The minimum atomic E-state index is -0.440. The molecule has 2 heterocycles. The van der Waals surface area contributed by atoms with Crippen molar-refractivity contribution < 1.29 is 19.1 Å². The number of hydrogen-bond acceptors (Lipinski definition) is 6. The first-order chi connectivity index (χ1) is 12.6. The fraction of sp³-hybridized carbons (Fsp3) is 0.222. The summed E-state index contributed by atoms with van der Waals surface area (Å²) >= 11 is 0. The van der Waals surface area contributed by atoms with E-state index in [9.17, 15) is 9.59 Å². The van der Waals surface area contributed by atoms with Gasteiger partial charge in [0.25, 0.3) is 0 Å². The van der Waals surface area contributed by atoms with Crippen LogP contribution in [0.1, 0.15) is 23.2 Å². The van der Waals surface area contributed by atoms with E-state index in [1.807, 2.05) is 0 Å². The molecule has 1 aromatic carbocycles. The van der Waals surface area contributed by atoms with Crippen LogP contribution in [0.4, 0.5) is 5.82 Å². The molecule has 1 N–H and O–H groups in total. The number of amides is 1. The van der Waals surface area contributed by atoms with Crippen LogP contribution in [0.5, 0.6) is 11.6 Å². The molecule has 8 nitrogen and oxygen atoms in total. The molecule has 0 bridgehead atoms. The second kappa shape index (κ2) is 6.47. The van der Waals surface area contributed by atoms with Gasteiger partial charge in [-0.2, -0.15) is 0 Å². The number of esters is 1. The molecule has 1 fully saturated rings. The lowest BCUT2D eigenvalue weighted by Gasteiger charge is -2.06. The van der Waals surface area contributed by atoms with E-state index in [0.29, 0.717) is 28.7 Å². The molecule has 132 valence electrons. The smallest absolute Gasteiger partial charge is 0.337 e. The molecule has 3 aromatic rings. The number of imidazole rings is 1. The average molecular weight is 352 g/mol. The molecule has 0 saturated heterocycles. The Labute approximate surface area is 148 Å². The van der Waals surface area contributed by atoms with Crippen LogP contribution in [0.3, 0.4) is 0 Å². The largest absolute Gasteiger partial charge is 0.465 e. The molecule has 0 aliphatic heterocycles. The first-order valence-corrected chi connectivity index (χ1v) is 8.16. The third-order valence-electron chi connectivity index (χ3n) is 3.97. The summed E-state index contributed by atoms with van der Waals surface area (Å²) in [4.78, 5) is 27.7. The zero-order valence-corrected chi connectivity index (χ0v) is 14.0. The Bertz CT molecular complexity index is 994. The number of benzene rings is 1. The van der Waals surface area contributed by atoms with Gasteiger partial charge < -0.3 is 14.8 Å². The van der Waals surface area contributed by atoms with Gasteiger partial charge in [0.1, 0.15) is 5.75 Å². The van der Waals surface area contributed by atoms with Gasteiger partial charge in [-0.25, -0.2) is 14.3 Å². The predicted octanol–water partition coefficient (Wildman–Crippen LogP) is 2.66. The second-order valence-electron chi connectivity index (χ2n) is 5.99. The van der Waals surface area contributed by atoms with Crippen molar-refractivity contribution in [3.63, 3.8) is 0 Å². The van der Waals surface area contributed by atoms with Gasteiger partial charge in [0, 0.05) is 12.0 Å². The summed E-state index contributed by atoms with van der Waals surface area (Å²) in [6.07, 6.45) is 3.49. The molecular formula is C18H16N4O4. The van der Waals surface area contributed by atoms with E-state index in [4.69, 9.17) is 9.47 Å². The van der Waals surface area contributed by atoms with Crippen molar-refractivity contribution in [2.45, 2.75) is 12.8 Å². The number of carbonyl (C=O) groups excluding carboxylic acids is 2. The molecule has 26 heavy (non-hydrogen) atoms. The van der Waals surface area contributed by atoms with E-state index >= 15 is 0 Å². The predicted molar refractivity (Wildman–Crippen MR) is 92.2 cm³/mol. The Morgan fingerprint density at radius 2 is 2.08 bits per heavy atom. The van der Waals surface area contributed by atoms with Crippen molar-refractivity contribution in [2.75, 3.05) is 12.4 Å². The molecule has 1 saturated carbocycles. The van der Waals surface area contributed by atoms with Crippen molar-refractivity contribution in [2.24, 2.45) is 5.92 Å². The second-order valence-corrected chi connectivity index (χ2v) is 5.99. The van der Waals surface area contributed by atoms with Crippen molar-refractivity contribution in [3.05, 3.63) is 48.2 Å². The number of ether oxygens (including phenoxy) is 2. The molecule has 1 aliphatic rings. The molecule has 2 aromatic heterocycles. The van der Waals surface area contributed by atoms with Crippen LogP contribution >= 0.6 is 0 Å². The molecular weight excluding hydrogens is 336 g/mol. The van der Waals surface area contributed by atoms with E-state index in [0.717, 1.165) is 12.8 Å². The molecule has 0 unspecified atom stereocenters. The van der Waals surface area contributed by atoms with Crippen LogP contribution in [0.25, 0.3) is 5.65 Å². The number of anilines is 1. The number of carbonyl (C=O) groups is 2. The summed E-state index contributed by atoms with van der Waals surface area (Å²) in [5, 5.41) is 7.10. The van der Waals surface area contributed by atoms with Gasteiger partial charge in [-0.1, -0.05) is 6.07 Å². The zero-order chi connectivity index (χ0) is 18.1. The van der Waals surface area contributed by atoms with Crippen LogP contribution in [-0.4, -0.2) is 33.6 Å². The Balaban J connectivity index is 1.53. The van der Waals surface area contributed by atoms with Gasteiger partial charge in [-0.3, -0.25) is 4.79 Å². The number of nitrogens with one attached hydrogen (secondary N) is 1. The van der Waals surface area contributed by atoms with E-state index < -0.39 is 5.97 Å². The molecule has 0 atom stereocenters. The summed E-state index contributed by atoms with van der Waals surface area (Å²) in [6.45, 7) is 0. The van der Waals surface area contributed by atoms with E-state index in [2.05, 4.69) is 15.4 Å². The Morgan fingerprint density at radius 3 is 2.85 bits per heavy atom. The summed E-state index contributed by atoms with van der Waals surface area (Å²) in [6, 6.07) is 10.0. The SMILES string of the molecule is COC(=O)c1cccc(Oc2ccc3nc(NC(=O)C4CC4)cn3n2)c1. The molecule has 0 spiro atoms. The van der Waals surface area contributed by atoms with Gasteiger partial charge in [-0.15, -0.1) is 5.10 Å². The Kier molecular flexibility index (Phi) is 4.00. The van der Waals surface area contributed by atoms with Gasteiger partial charge >= 0.3 is 5.97 Å². The number of rotatable bonds is 5.